The van der Waals surface area contributed by atoms with Gasteiger partial charge in [-0.05, 0) is 59.0 Å². The summed E-state index contributed by atoms with van der Waals surface area (Å²) < 4.78 is 3.84. The third-order valence-corrected chi connectivity index (χ3v) is 7.16. The molecule has 0 unspecified atom stereocenters. The second-order valence-corrected chi connectivity index (χ2v) is 9.96. The van der Waals surface area contributed by atoms with Gasteiger partial charge in [0.15, 0.2) is 20.8 Å². The van der Waals surface area contributed by atoms with E-state index < -0.39 is 12.2 Å². The molecule has 2 aromatic heterocycles. The third-order valence-electron chi connectivity index (χ3n) is 6.01. The minimum Gasteiger partial charge on any atom is -0.390 e. The van der Waals surface area contributed by atoms with Gasteiger partial charge in [0.25, 0.3) is 0 Å². The van der Waals surface area contributed by atoms with E-state index in [1.807, 2.05) is 10.6 Å². The molecular weight excluding hydrogens is 584 g/mol. The number of aromatic nitrogens is 4. The van der Waals surface area contributed by atoms with Crippen LogP contribution in [0.5, 0.6) is 0 Å². The van der Waals surface area contributed by atoms with E-state index in [2.05, 4.69) is 83.6 Å². The van der Waals surface area contributed by atoms with Gasteiger partial charge in [0.05, 0.1) is 18.5 Å². The number of nitrogens with zero attached hydrogens (tertiary/aromatic N) is 4. The fraction of sp³-hybridized carbons (Fsp3) is 0.421. The van der Waals surface area contributed by atoms with Gasteiger partial charge in [-0.25, -0.2) is 15.0 Å². The van der Waals surface area contributed by atoms with Gasteiger partial charge in [-0.1, -0.05) is 12.1 Å². The van der Waals surface area contributed by atoms with Gasteiger partial charge in [0.1, 0.15) is 0 Å². The summed E-state index contributed by atoms with van der Waals surface area (Å²) in [6.45, 7) is 1.28. The van der Waals surface area contributed by atoms with Gasteiger partial charge in [0.2, 0.25) is 0 Å². The summed E-state index contributed by atoms with van der Waals surface area (Å²) >= 11 is 4.43. The highest BCUT2D eigenvalue weighted by Gasteiger charge is 2.66. The van der Waals surface area contributed by atoms with Crippen LogP contribution in [0.2, 0.25) is 0 Å². The number of anilines is 1. The minimum atomic E-state index is -0.672. The zero-order valence-corrected chi connectivity index (χ0v) is 19.2. The zero-order chi connectivity index (χ0) is 19.5. The molecule has 2 aliphatic carbocycles. The highest BCUT2D eigenvalue weighted by atomic mass is 127. The zero-order valence-electron chi connectivity index (χ0n) is 14.9. The molecule has 0 radical (unpaired) electrons. The van der Waals surface area contributed by atoms with Crippen LogP contribution in [0.1, 0.15) is 18.4 Å². The summed E-state index contributed by atoms with van der Waals surface area (Å²) in [6.07, 6.45) is 2.12. The molecular formula is C19H19I2N5O2. The number of hydrogen-bond donors (Lipinski definition) is 3. The maximum absolute atomic E-state index is 10.4. The van der Waals surface area contributed by atoms with Crippen molar-refractivity contribution in [2.45, 2.75) is 38.1 Å². The number of imidazole rings is 1. The van der Waals surface area contributed by atoms with E-state index in [1.54, 1.807) is 6.33 Å². The molecule has 2 saturated carbocycles. The molecule has 2 aliphatic rings. The molecule has 3 aromatic rings. The lowest BCUT2D eigenvalue weighted by molar-refractivity contribution is -0.00665. The Morgan fingerprint density at radius 3 is 2.86 bits per heavy atom. The molecule has 2 fully saturated rings. The molecule has 1 aromatic carbocycles. The molecule has 0 spiro atoms. The Kier molecular flexibility index (Phi) is 4.75. The van der Waals surface area contributed by atoms with Crippen molar-refractivity contribution < 1.29 is 10.2 Å². The number of fused-ring (bicyclic) bond motifs is 2. The fourth-order valence-corrected chi connectivity index (χ4v) is 5.55. The standard InChI is InChI=1S/C19H19I2N5O2/c20-12-3-1-2-10(4-12)7-22-16-14-17(25-18(21)24-16)26(9-23-14)8-19-6-11(19)5-13(27)15(19)28/h1-4,9,11,13,15,27-28H,5-8H2,(H,22,24,25)/t11-,13-,15-,19-/m1/s1. The number of halogens is 2. The van der Waals surface area contributed by atoms with Crippen LogP contribution in [0.3, 0.4) is 0 Å². The van der Waals surface area contributed by atoms with E-state index in [9.17, 15) is 10.2 Å². The number of nitrogens with one attached hydrogen (secondary N) is 1. The first-order valence-electron chi connectivity index (χ1n) is 9.19. The van der Waals surface area contributed by atoms with Crippen molar-refractivity contribution in [1.82, 2.24) is 19.5 Å². The van der Waals surface area contributed by atoms with Crippen molar-refractivity contribution in [3.05, 3.63) is 43.6 Å². The Hall–Kier alpha value is -1.05. The number of benzene rings is 1. The van der Waals surface area contributed by atoms with E-state index in [0.717, 1.165) is 17.6 Å². The van der Waals surface area contributed by atoms with E-state index in [1.165, 1.54) is 9.13 Å². The number of aliphatic hydroxyl groups is 2. The number of rotatable bonds is 5. The van der Waals surface area contributed by atoms with Crippen LogP contribution in [0, 0.1) is 18.7 Å². The largest absolute Gasteiger partial charge is 0.390 e. The summed E-state index contributed by atoms with van der Waals surface area (Å²) in [5.74, 6) is 1.10. The predicted octanol–water partition coefficient (Wildman–Crippen LogP) is 2.78. The monoisotopic (exact) mass is 603 g/mol. The lowest BCUT2D eigenvalue weighted by atomic mass is 9.99. The summed E-state index contributed by atoms with van der Waals surface area (Å²) in [6, 6.07) is 8.32. The molecule has 0 aliphatic heterocycles. The van der Waals surface area contributed by atoms with Crippen LogP contribution in [0.25, 0.3) is 11.2 Å². The highest BCUT2D eigenvalue weighted by molar-refractivity contribution is 14.1. The van der Waals surface area contributed by atoms with E-state index in [0.29, 0.717) is 35.1 Å². The topological polar surface area (TPSA) is 96.1 Å². The smallest absolute Gasteiger partial charge is 0.194 e. The summed E-state index contributed by atoms with van der Waals surface area (Å²) in [7, 11) is 0. The van der Waals surface area contributed by atoms with Crippen LogP contribution in [-0.2, 0) is 13.1 Å². The highest BCUT2D eigenvalue weighted by Crippen LogP contribution is 2.64. The van der Waals surface area contributed by atoms with Crippen molar-refractivity contribution in [2.24, 2.45) is 11.3 Å². The average Bonchev–Trinajstić information content (AvgIpc) is 3.11. The Balaban J connectivity index is 1.43. The lowest BCUT2D eigenvalue weighted by Crippen LogP contribution is -2.32. The molecule has 7 nitrogen and oxygen atoms in total. The normalized spacial score (nSPS) is 28.5. The first-order valence-corrected chi connectivity index (χ1v) is 11.3. The second kappa shape index (κ2) is 7.03. The fourth-order valence-electron chi connectivity index (χ4n) is 4.48. The number of aliphatic hydroxyl groups excluding tert-OH is 2. The van der Waals surface area contributed by atoms with Crippen LogP contribution in [-0.4, -0.2) is 41.9 Å². The Bertz CT molecular complexity index is 1060. The Morgan fingerprint density at radius 1 is 1.25 bits per heavy atom. The predicted molar refractivity (Wildman–Crippen MR) is 122 cm³/mol. The van der Waals surface area contributed by atoms with Gasteiger partial charge in [0, 0.05) is 44.7 Å². The lowest BCUT2D eigenvalue weighted by Gasteiger charge is -2.21. The maximum atomic E-state index is 10.4. The third kappa shape index (κ3) is 3.19. The summed E-state index contributed by atoms with van der Waals surface area (Å²) in [5, 5.41) is 23.8. The van der Waals surface area contributed by atoms with Gasteiger partial charge in [-0.3, -0.25) is 0 Å². The Labute approximate surface area is 189 Å². The molecule has 3 N–H and O–H groups in total. The molecule has 0 saturated heterocycles. The van der Waals surface area contributed by atoms with E-state index >= 15 is 0 Å². The molecule has 0 bridgehead atoms. The maximum Gasteiger partial charge on any atom is 0.194 e. The van der Waals surface area contributed by atoms with Crippen LogP contribution < -0.4 is 5.32 Å². The molecule has 146 valence electrons. The molecule has 5 rings (SSSR count). The van der Waals surface area contributed by atoms with Crippen molar-refractivity contribution >= 4 is 62.2 Å². The molecule has 2 heterocycles. The number of hydrogen-bond acceptors (Lipinski definition) is 6. The SMILES string of the molecule is O[C@@H]1C[C@@H]2C[C@]2(Cn2cnc3c(NCc4cccc(I)c4)nc(I)nc32)[C@@H]1O. The van der Waals surface area contributed by atoms with E-state index in [4.69, 9.17) is 0 Å². The molecule has 0 amide bonds. The van der Waals surface area contributed by atoms with Gasteiger partial charge >= 0.3 is 0 Å². The summed E-state index contributed by atoms with van der Waals surface area (Å²) in [5.41, 5.74) is 2.43. The van der Waals surface area contributed by atoms with Crippen molar-refractivity contribution in [1.29, 1.82) is 0 Å². The summed E-state index contributed by atoms with van der Waals surface area (Å²) in [4.78, 5) is 13.7. The van der Waals surface area contributed by atoms with Crippen LogP contribution in [0.4, 0.5) is 5.82 Å². The quantitative estimate of drug-likeness (QED) is 0.307. The van der Waals surface area contributed by atoms with Crippen LogP contribution >= 0.6 is 45.2 Å². The van der Waals surface area contributed by atoms with Gasteiger partial charge < -0.3 is 20.1 Å². The molecule has 4 atom stereocenters. The van der Waals surface area contributed by atoms with Gasteiger partial charge in [-0.2, -0.15) is 0 Å². The first kappa shape index (κ1) is 18.9. The molecule has 9 heteroatoms. The average molecular weight is 603 g/mol. The van der Waals surface area contributed by atoms with Crippen LogP contribution in [0.15, 0.2) is 30.6 Å². The Morgan fingerprint density at radius 2 is 2.11 bits per heavy atom. The minimum absolute atomic E-state index is 0.238. The van der Waals surface area contributed by atoms with Gasteiger partial charge in [-0.15, -0.1) is 0 Å². The molecule has 28 heavy (non-hydrogen) atoms. The second-order valence-electron chi connectivity index (χ2n) is 7.75. The van der Waals surface area contributed by atoms with Crippen molar-refractivity contribution in [2.75, 3.05) is 5.32 Å². The van der Waals surface area contributed by atoms with Crippen molar-refractivity contribution in [3.63, 3.8) is 0 Å². The first-order chi connectivity index (χ1) is 13.5. The van der Waals surface area contributed by atoms with Crippen molar-refractivity contribution in [3.8, 4) is 0 Å². The van der Waals surface area contributed by atoms with E-state index in [-0.39, 0.29) is 5.41 Å².